The van der Waals surface area contributed by atoms with Gasteiger partial charge < -0.3 is 15.5 Å². The van der Waals surface area contributed by atoms with Gasteiger partial charge in [-0.25, -0.2) is 0 Å². The van der Waals surface area contributed by atoms with Gasteiger partial charge in [0, 0.05) is 44.3 Å². The van der Waals surface area contributed by atoms with E-state index in [1.165, 1.54) is 0 Å². The molecule has 0 radical (unpaired) electrons. The van der Waals surface area contributed by atoms with Crippen LogP contribution in [-0.4, -0.2) is 33.6 Å². The van der Waals surface area contributed by atoms with Crippen LogP contribution in [0.2, 0.25) is 5.02 Å². The minimum absolute atomic E-state index is 0.0414. The van der Waals surface area contributed by atoms with E-state index in [2.05, 4.69) is 10.6 Å². The standard InChI is InChI=1S/C13H20ClN3O/c1-15-9-10-4-5-11(8-12(10)14)17(3)7-6-13(18)16-2/h4-5,8,15H,6-7,9H2,1-3H3,(H,16,18). The first-order valence-corrected chi connectivity index (χ1v) is 6.31. The third kappa shape index (κ3) is 4.20. The largest absolute Gasteiger partial charge is 0.374 e. The summed E-state index contributed by atoms with van der Waals surface area (Å²) in [5.74, 6) is 0.0414. The van der Waals surface area contributed by atoms with Gasteiger partial charge in [0.15, 0.2) is 0 Å². The lowest BCUT2D eigenvalue weighted by Crippen LogP contribution is -2.26. The molecular weight excluding hydrogens is 250 g/mol. The lowest BCUT2D eigenvalue weighted by Gasteiger charge is -2.19. The van der Waals surface area contributed by atoms with E-state index < -0.39 is 0 Å². The van der Waals surface area contributed by atoms with E-state index >= 15 is 0 Å². The van der Waals surface area contributed by atoms with Gasteiger partial charge in [0.05, 0.1) is 0 Å². The maximum atomic E-state index is 11.2. The van der Waals surface area contributed by atoms with Crippen LogP contribution in [0.15, 0.2) is 18.2 Å². The van der Waals surface area contributed by atoms with E-state index in [0.29, 0.717) is 13.0 Å². The minimum Gasteiger partial charge on any atom is -0.374 e. The SMILES string of the molecule is CNCc1ccc(N(C)CCC(=O)NC)cc1Cl. The normalized spacial score (nSPS) is 10.2. The van der Waals surface area contributed by atoms with E-state index in [1.807, 2.05) is 37.2 Å². The van der Waals surface area contributed by atoms with Crippen molar-refractivity contribution in [3.8, 4) is 0 Å². The number of anilines is 1. The molecule has 1 aromatic carbocycles. The highest BCUT2D eigenvalue weighted by Gasteiger charge is 2.06. The molecule has 1 aromatic rings. The summed E-state index contributed by atoms with van der Waals surface area (Å²) in [6.45, 7) is 1.42. The van der Waals surface area contributed by atoms with Crippen LogP contribution in [0.3, 0.4) is 0 Å². The number of carbonyl (C=O) groups is 1. The fourth-order valence-corrected chi connectivity index (χ4v) is 1.87. The lowest BCUT2D eigenvalue weighted by molar-refractivity contribution is -0.120. The lowest BCUT2D eigenvalue weighted by atomic mass is 10.2. The predicted octanol–water partition coefficient (Wildman–Crippen LogP) is 1.63. The zero-order chi connectivity index (χ0) is 13.5. The van der Waals surface area contributed by atoms with Crippen molar-refractivity contribution in [2.24, 2.45) is 0 Å². The molecule has 0 spiro atoms. The van der Waals surface area contributed by atoms with Gasteiger partial charge >= 0.3 is 0 Å². The van der Waals surface area contributed by atoms with Crippen LogP contribution in [0, 0.1) is 0 Å². The summed E-state index contributed by atoms with van der Waals surface area (Å²) in [6.07, 6.45) is 0.475. The predicted molar refractivity (Wildman–Crippen MR) is 76.2 cm³/mol. The Labute approximate surface area is 113 Å². The Morgan fingerprint density at radius 2 is 2.11 bits per heavy atom. The molecule has 5 heteroatoms. The first-order chi connectivity index (χ1) is 8.58. The van der Waals surface area contributed by atoms with Crippen LogP contribution in [0.1, 0.15) is 12.0 Å². The van der Waals surface area contributed by atoms with Crippen LogP contribution < -0.4 is 15.5 Å². The van der Waals surface area contributed by atoms with Gasteiger partial charge in [-0.1, -0.05) is 17.7 Å². The number of amides is 1. The molecule has 2 N–H and O–H groups in total. The molecule has 1 rings (SSSR count). The minimum atomic E-state index is 0.0414. The zero-order valence-corrected chi connectivity index (χ0v) is 11.8. The number of halogens is 1. The maximum Gasteiger partial charge on any atom is 0.221 e. The van der Waals surface area contributed by atoms with Gasteiger partial charge in [0.2, 0.25) is 5.91 Å². The molecule has 0 saturated carbocycles. The quantitative estimate of drug-likeness (QED) is 0.825. The summed E-state index contributed by atoms with van der Waals surface area (Å²) in [6, 6.07) is 5.95. The highest BCUT2D eigenvalue weighted by molar-refractivity contribution is 6.31. The topological polar surface area (TPSA) is 44.4 Å². The fourth-order valence-electron chi connectivity index (χ4n) is 1.63. The molecule has 0 aliphatic heterocycles. The van der Waals surface area contributed by atoms with Crippen LogP contribution in [-0.2, 0) is 11.3 Å². The molecule has 0 unspecified atom stereocenters. The molecule has 0 heterocycles. The van der Waals surface area contributed by atoms with Crippen molar-refractivity contribution in [2.75, 3.05) is 32.6 Å². The highest BCUT2D eigenvalue weighted by atomic mass is 35.5. The Bertz CT molecular complexity index is 409. The van der Waals surface area contributed by atoms with Crippen molar-refractivity contribution < 1.29 is 4.79 Å². The van der Waals surface area contributed by atoms with Crippen molar-refractivity contribution in [1.29, 1.82) is 0 Å². The Balaban J connectivity index is 2.66. The van der Waals surface area contributed by atoms with Gasteiger partial charge in [0.1, 0.15) is 0 Å². The molecule has 0 aromatic heterocycles. The summed E-state index contributed by atoms with van der Waals surface area (Å²) in [7, 11) is 5.48. The monoisotopic (exact) mass is 269 g/mol. The number of nitrogens with one attached hydrogen (secondary N) is 2. The van der Waals surface area contributed by atoms with Crippen LogP contribution in [0.25, 0.3) is 0 Å². The Kier molecular flexibility index (Phi) is 5.95. The molecular formula is C13H20ClN3O. The Hall–Kier alpha value is -1.26. The van der Waals surface area contributed by atoms with Crippen molar-refractivity contribution in [3.05, 3.63) is 28.8 Å². The number of rotatable bonds is 6. The van der Waals surface area contributed by atoms with Crippen molar-refractivity contribution in [1.82, 2.24) is 10.6 Å². The maximum absolute atomic E-state index is 11.2. The van der Waals surface area contributed by atoms with Crippen molar-refractivity contribution >= 4 is 23.2 Å². The molecule has 0 aliphatic rings. The first-order valence-electron chi connectivity index (χ1n) is 5.93. The van der Waals surface area contributed by atoms with Crippen molar-refractivity contribution in [2.45, 2.75) is 13.0 Å². The van der Waals surface area contributed by atoms with E-state index in [1.54, 1.807) is 7.05 Å². The number of hydrogen-bond acceptors (Lipinski definition) is 3. The highest BCUT2D eigenvalue weighted by Crippen LogP contribution is 2.23. The number of nitrogens with zero attached hydrogens (tertiary/aromatic N) is 1. The summed E-state index contributed by atoms with van der Waals surface area (Å²) >= 11 is 6.20. The second-order valence-corrected chi connectivity index (χ2v) is 4.56. The van der Waals surface area contributed by atoms with Crippen molar-refractivity contribution in [3.63, 3.8) is 0 Å². The first kappa shape index (κ1) is 14.8. The third-order valence-corrected chi connectivity index (χ3v) is 3.15. The van der Waals surface area contributed by atoms with E-state index in [0.717, 1.165) is 22.8 Å². The second kappa shape index (κ2) is 7.24. The molecule has 0 saturated heterocycles. The Morgan fingerprint density at radius 3 is 2.67 bits per heavy atom. The smallest absolute Gasteiger partial charge is 0.221 e. The number of benzene rings is 1. The molecule has 4 nitrogen and oxygen atoms in total. The van der Waals surface area contributed by atoms with Gasteiger partial charge in [-0.15, -0.1) is 0 Å². The average molecular weight is 270 g/mol. The number of carbonyl (C=O) groups excluding carboxylic acids is 1. The molecule has 0 fully saturated rings. The third-order valence-electron chi connectivity index (χ3n) is 2.80. The summed E-state index contributed by atoms with van der Waals surface area (Å²) < 4.78 is 0. The fraction of sp³-hybridized carbons (Fsp3) is 0.462. The summed E-state index contributed by atoms with van der Waals surface area (Å²) in [5, 5.41) is 6.42. The van der Waals surface area contributed by atoms with E-state index in [-0.39, 0.29) is 5.91 Å². The molecule has 1 amide bonds. The molecule has 0 bridgehead atoms. The second-order valence-electron chi connectivity index (χ2n) is 4.15. The van der Waals surface area contributed by atoms with E-state index in [9.17, 15) is 4.79 Å². The molecule has 18 heavy (non-hydrogen) atoms. The molecule has 0 atom stereocenters. The Morgan fingerprint density at radius 1 is 1.39 bits per heavy atom. The number of hydrogen-bond donors (Lipinski definition) is 2. The van der Waals surface area contributed by atoms with Gasteiger partial charge in [-0.3, -0.25) is 4.79 Å². The van der Waals surface area contributed by atoms with E-state index in [4.69, 9.17) is 11.6 Å². The van der Waals surface area contributed by atoms with Gasteiger partial charge in [-0.2, -0.15) is 0 Å². The van der Waals surface area contributed by atoms with Crippen LogP contribution in [0.4, 0.5) is 5.69 Å². The van der Waals surface area contributed by atoms with Gasteiger partial charge in [-0.05, 0) is 24.7 Å². The summed E-state index contributed by atoms with van der Waals surface area (Å²) in [4.78, 5) is 13.2. The molecule has 0 aliphatic carbocycles. The molecule has 100 valence electrons. The van der Waals surface area contributed by atoms with Crippen LogP contribution >= 0.6 is 11.6 Å². The van der Waals surface area contributed by atoms with Gasteiger partial charge in [0.25, 0.3) is 0 Å². The van der Waals surface area contributed by atoms with Crippen LogP contribution in [0.5, 0.6) is 0 Å². The summed E-state index contributed by atoms with van der Waals surface area (Å²) in [5.41, 5.74) is 2.09. The zero-order valence-electron chi connectivity index (χ0n) is 11.1. The average Bonchev–Trinajstić information content (AvgIpc) is 2.38.